The maximum absolute atomic E-state index is 11.5. The molecule has 0 aliphatic heterocycles. The minimum absolute atomic E-state index is 0.139. The fourth-order valence-electron chi connectivity index (χ4n) is 4.58. The summed E-state index contributed by atoms with van der Waals surface area (Å²) >= 11 is 0. The first-order chi connectivity index (χ1) is 21.3. The minimum atomic E-state index is -0.139. The molecule has 258 valence electrons. The average Bonchev–Trinajstić information content (AvgIpc) is 3.01. The predicted octanol–water partition coefficient (Wildman–Crippen LogP) is 8.08. The Kier molecular flexibility index (Phi) is 38.6. The number of unbranched alkanes of at least 4 members (excludes halogenated alkanes) is 16. The van der Waals surface area contributed by atoms with Crippen molar-refractivity contribution in [2.24, 2.45) is 0 Å². The fraction of sp³-hybridized carbons (Fsp3) is 0.971. The van der Waals surface area contributed by atoms with Gasteiger partial charge < -0.3 is 33.2 Å². The third-order valence-electron chi connectivity index (χ3n) is 7.23. The zero-order valence-electron chi connectivity index (χ0n) is 28.4. The molecule has 0 spiro atoms. The Labute approximate surface area is 265 Å². The molecule has 0 amide bonds. The molecular weight excluding hydrogens is 548 g/mol. The van der Waals surface area contributed by atoms with Gasteiger partial charge in [-0.05, 0) is 12.8 Å². The van der Waals surface area contributed by atoms with Crippen molar-refractivity contribution in [2.45, 2.75) is 136 Å². The predicted molar refractivity (Wildman–Crippen MR) is 175 cm³/mol. The monoisotopic (exact) mass is 619 g/mol. The lowest BCUT2D eigenvalue weighted by molar-refractivity contribution is -0.145. The summed E-state index contributed by atoms with van der Waals surface area (Å²) in [6.07, 6.45) is 24.1. The molecule has 0 N–H and O–H groups in total. The van der Waals surface area contributed by atoms with Crippen molar-refractivity contribution in [3.63, 3.8) is 0 Å². The summed E-state index contributed by atoms with van der Waals surface area (Å²) in [5.74, 6) is -0.139. The van der Waals surface area contributed by atoms with Gasteiger partial charge in [-0.1, -0.05) is 117 Å². The maximum Gasteiger partial charge on any atom is 0.305 e. The van der Waals surface area contributed by atoms with Crippen LogP contribution in [0, 0.1) is 0 Å². The summed E-state index contributed by atoms with van der Waals surface area (Å²) < 4.78 is 38.2. The van der Waals surface area contributed by atoms with E-state index in [0.29, 0.717) is 85.7 Å². The van der Waals surface area contributed by atoms with Crippen LogP contribution in [-0.2, 0) is 38.0 Å². The summed E-state index contributed by atoms with van der Waals surface area (Å²) in [6, 6.07) is 0. The molecule has 0 aliphatic rings. The summed E-state index contributed by atoms with van der Waals surface area (Å²) in [6.45, 7) is 11.4. The second-order valence-corrected chi connectivity index (χ2v) is 11.3. The number of carbonyl (C=O) groups is 1. The molecule has 0 aromatic heterocycles. The molecule has 0 fully saturated rings. The van der Waals surface area contributed by atoms with Crippen LogP contribution in [0.1, 0.15) is 136 Å². The molecule has 0 saturated carbocycles. The molecule has 43 heavy (non-hydrogen) atoms. The van der Waals surface area contributed by atoms with E-state index in [1.165, 1.54) is 89.9 Å². The van der Waals surface area contributed by atoms with Crippen LogP contribution in [0.5, 0.6) is 0 Å². The van der Waals surface area contributed by atoms with Crippen molar-refractivity contribution in [3.8, 4) is 0 Å². The molecule has 0 aromatic rings. The minimum Gasteiger partial charge on any atom is -0.463 e. The van der Waals surface area contributed by atoms with Gasteiger partial charge in [-0.3, -0.25) is 4.79 Å². The van der Waals surface area contributed by atoms with Gasteiger partial charge in [-0.2, -0.15) is 0 Å². The van der Waals surface area contributed by atoms with Crippen LogP contribution in [-0.4, -0.2) is 91.9 Å². The topological polar surface area (TPSA) is 81.7 Å². The highest BCUT2D eigenvalue weighted by Gasteiger charge is 2.02. The van der Waals surface area contributed by atoms with Gasteiger partial charge in [-0.15, -0.1) is 0 Å². The SMILES string of the molecule is CCCCCCCCCCCCCCCCOCCOCCOCCOCCOCCOCCOC(=O)CCCCCC. The molecule has 0 heterocycles. The van der Waals surface area contributed by atoms with E-state index in [9.17, 15) is 4.79 Å². The van der Waals surface area contributed by atoms with Crippen molar-refractivity contribution in [1.82, 2.24) is 0 Å². The number of hydrogen-bond donors (Lipinski definition) is 0. The zero-order chi connectivity index (χ0) is 31.2. The number of carbonyl (C=O) groups excluding carboxylic acids is 1. The third kappa shape index (κ3) is 39.2. The van der Waals surface area contributed by atoms with Crippen molar-refractivity contribution >= 4 is 5.97 Å². The molecule has 0 aromatic carbocycles. The van der Waals surface area contributed by atoms with Crippen molar-refractivity contribution in [1.29, 1.82) is 0 Å². The Morgan fingerprint density at radius 1 is 0.326 bits per heavy atom. The molecule has 8 nitrogen and oxygen atoms in total. The number of hydrogen-bond acceptors (Lipinski definition) is 8. The van der Waals surface area contributed by atoms with Crippen molar-refractivity contribution in [2.75, 3.05) is 85.9 Å². The molecular formula is C35H70O8. The van der Waals surface area contributed by atoms with Crippen LogP contribution in [0.2, 0.25) is 0 Å². The Bertz CT molecular complexity index is 520. The van der Waals surface area contributed by atoms with Crippen LogP contribution in [0.4, 0.5) is 0 Å². The molecule has 0 saturated heterocycles. The van der Waals surface area contributed by atoms with E-state index in [-0.39, 0.29) is 5.97 Å². The Morgan fingerprint density at radius 2 is 0.605 bits per heavy atom. The van der Waals surface area contributed by atoms with Gasteiger partial charge in [-0.25, -0.2) is 0 Å². The highest BCUT2D eigenvalue weighted by atomic mass is 16.6. The van der Waals surface area contributed by atoms with E-state index in [4.69, 9.17) is 33.2 Å². The average molecular weight is 619 g/mol. The van der Waals surface area contributed by atoms with E-state index in [0.717, 1.165) is 32.3 Å². The molecule has 0 unspecified atom stereocenters. The second kappa shape index (κ2) is 39.3. The number of rotatable bonds is 38. The number of esters is 1. The molecule has 8 heteroatoms. The van der Waals surface area contributed by atoms with Gasteiger partial charge in [0, 0.05) is 13.0 Å². The Hall–Kier alpha value is -0.770. The standard InChI is InChI=1S/C35H70O8/c1-3-5-7-9-10-11-12-13-14-15-16-17-18-20-22-37-23-24-38-25-26-39-27-28-40-29-30-41-31-32-42-33-34-43-35(36)21-19-8-6-4-2/h3-34H2,1-2H3. The van der Waals surface area contributed by atoms with Crippen LogP contribution in [0.3, 0.4) is 0 Å². The third-order valence-corrected chi connectivity index (χ3v) is 7.23. The molecule has 0 radical (unpaired) electrons. The van der Waals surface area contributed by atoms with Gasteiger partial charge in [0.1, 0.15) is 6.61 Å². The fourth-order valence-corrected chi connectivity index (χ4v) is 4.58. The van der Waals surface area contributed by atoms with E-state index in [1.54, 1.807) is 0 Å². The Morgan fingerprint density at radius 3 is 0.977 bits per heavy atom. The first kappa shape index (κ1) is 42.2. The first-order valence-corrected chi connectivity index (χ1v) is 17.9. The highest BCUT2D eigenvalue weighted by Crippen LogP contribution is 2.13. The van der Waals surface area contributed by atoms with Gasteiger partial charge in [0.25, 0.3) is 0 Å². The zero-order valence-corrected chi connectivity index (χ0v) is 28.4. The lowest BCUT2D eigenvalue weighted by Crippen LogP contribution is -2.15. The van der Waals surface area contributed by atoms with Gasteiger partial charge in [0.05, 0.1) is 72.7 Å². The van der Waals surface area contributed by atoms with Gasteiger partial charge in [0.15, 0.2) is 0 Å². The number of ether oxygens (including phenoxy) is 7. The molecule has 0 atom stereocenters. The van der Waals surface area contributed by atoms with Crippen LogP contribution >= 0.6 is 0 Å². The quantitative estimate of drug-likeness (QED) is 0.0507. The molecule has 0 bridgehead atoms. The first-order valence-electron chi connectivity index (χ1n) is 17.9. The van der Waals surface area contributed by atoms with Crippen molar-refractivity contribution in [3.05, 3.63) is 0 Å². The van der Waals surface area contributed by atoms with Gasteiger partial charge in [0.2, 0.25) is 0 Å². The second-order valence-electron chi connectivity index (χ2n) is 11.3. The van der Waals surface area contributed by atoms with Crippen LogP contribution in [0.15, 0.2) is 0 Å². The van der Waals surface area contributed by atoms with E-state index >= 15 is 0 Å². The van der Waals surface area contributed by atoms with Gasteiger partial charge >= 0.3 is 5.97 Å². The van der Waals surface area contributed by atoms with E-state index < -0.39 is 0 Å². The van der Waals surface area contributed by atoms with E-state index in [2.05, 4.69) is 13.8 Å². The van der Waals surface area contributed by atoms with Crippen LogP contribution < -0.4 is 0 Å². The maximum atomic E-state index is 11.5. The van der Waals surface area contributed by atoms with Crippen molar-refractivity contribution < 1.29 is 38.0 Å². The summed E-state index contributed by atoms with van der Waals surface area (Å²) in [5.41, 5.74) is 0. The smallest absolute Gasteiger partial charge is 0.305 e. The summed E-state index contributed by atoms with van der Waals surface area (Å²) in [7, 11) is 0. The van der Waals surface area contributed by atoms with Crippen LogP contribution in [0.25, 0.3) is 0 Å². The highest BCUT2D eigenvalue weighted by molar-refractivity contribution is 5.69. The normalized spacial score (nSPS) is 11.4. The Balaban J connectivity index is 3.07. The van der Waals surface area contributed by atoms with E-state index in [1.807, 2.05) is 0 Å². The lowest BCUT2D eigenvalue weighted by atomic mass is 10.0. The lowest BCUT2D eigenvalue weighted by Gasteiger charge is -2.08. The summed E-state index contributed by atoms with van der Waals surface area (Å²) in [5, 5.41) is 0. The molecule has 0 aliphatic carbocycles. The largest absolute Gasteiger partial charge is 0.463 e. The molecule has 0 rings (SSSR count). The summed E-state index contributed by atoms with van der Waals surface area (Å²) in [4.78, 5) is 11.5.